The monoisotopic (exact) mass is 396 g/mol. The van der Waals surface area contributed by atoms with Crippen molar-refractivity contribution in [3.05, 3.63) is 52.9 Å². The zero-order valence-electron chi connectivity index (χ0n) is 15.8. The smallest absolute Gasteiger partial charge is 0.185 e. The van der Waals surface area contributed by atoms with Gasteiger partial charge in [0.05, 0.1) is 25.1 Å². The lowest BCUT2D eigenvalue weighted by molar-refractivity contribution is 0.122. The first-order chi connectivity index (χ1) is 13.9. The van der Waals surface area contributed by atoms with E-state index in [1.807, 2.05) is 41.5 Å². The molecule has 1 N–H and O–H groups in total. The van der Waals surface area contributed by atoms with Gasteiger partial charge >= 0.3 is 0 Å². The van der Waals surface area contributed by atoms with Crippen LogP contribution >= 0.6 is 11.3 Å². The van der Waals surface area contributed by atoms with E-state index >= 15 is 0 Å². The topological polar surface area (TPSA) is 68.1 Å². The Morgan fingerprint density at radius 1 is 1.18 bits per heavy atom. The van der Waals surface area contributed by atoms with Crippen LogP contribution in [0.1, 0.15) is 35.0 Å². The van der Waals surface area contributed by atoms with Crippen molar-refractivity contribution in [1.29, 1.82) is 0 Å². The van der Waals surface area contributed by atoms with Crippen LogP contribution in [0.25, 0.3) is 5.82 Å². The van der Waals surface area contributed by atoms with Crippen LogP contribution in [0.2, 0.25) is 0 Å². The maximum atomic E-state index is 5.43. The van der Waals surface area contributed by atoms with Crippen molar-refractivity contribution in [2.75, 3.05) is 31.2 Å². The van der Waals surface area contributed by atoms with E-state index in [-0.39, 0.29) is 0 Å². The number of anilines is 1. The van der Waals surface area contributed by atoms with Crippen molar-refractivity contribution in [2.45, 2.75) is 31.8 Å². The van der Waals surface area contributed by atoms with Crippen molar-refractivity contribution in [3.8, 4) is 5.82 Å². The van der Waals surface area contributed by atoms with Gasteiger partial charge in [0.1, 0.15) is 0 Å². The lowest BCUT2D eigenvalue weighted by atomic mass is 9.93. The van der Waals surface area contributed by atoms with Gasteiger partial charge in [0, 0.05) is 48.5 Å². The summed E-state index contributed by atoms with van der Waals surface area (Å²) in [5.74, 6) is 0.891. The Kier molecular flexibility index (Phi) is 5.07. The number of aromatic nitrogens is 4. The summed E-state index contributed by atoms with van der Waals surface area (Å²) >= 11 is 1.78. The van der Waals surface area contributed by atoms with Gasteiger partial charge in [-0.2, -0.15) is 5.10 Å². The molecule has 1 saturated heterocycles. The Hall–Kier alpha value is -2.29. The molecule has 5 rings (SSSR count). The van der Waals surface area contributed by atoms with E-state index in [1.165, 1.54) is 16.1 Å². The molecule has 1 aliphatic heterocycles. The van der Waals surface area contributed by atoms with Crippen LogP contribution in [0.4, 0.5) is 5.13 Å². The van der Waals surface area contributed by atoms with Crippen LogP contribution in [0.15, 0.2) is 36.8 Å². The molecule has 1 aliphatic carbocycles. The van der Waals surface area contributed by atoms with Crippen LogP contribution in [-0.4, -0.2) is 46.1 Å². The Bertz CT molecular complexity index is 918. The number of fused-ring (bicyclic) bond motifs is 1. The van der Waals surface area contributed by atoms with Crippen molar-refractivity contribution in [2.24, 2.45) is 0 Å². The summed E-state index contributed by atoms with van der Waals surface area (Å²) in [5, 5.41) is 9.46. The third-order valence-corrected chi connectivity index (χ3v) is 6.45. The molecule has 7 nitrogen and oxygen atoms in total. The number of ether oxygens (including phenoxy) is 1. The minimum Gasteiger partial charge on any atom is -0.378 e. The molecule has 4 heterocycles. The fourth-order valence-corrected chi connectivity index (χ4v) is 4.86. The van der Waals surface area contributed by atoms with Crippen molar-refractivity contribution in [1.82, 2.24) is 25.1 Å². The molecule has 0 amide bonds. The Morgan fingerprint density at radius 2 is 2.11 bits per heavy atom. The first kappa shape index (κ1) is 17.8. The van der Waals surface area contributed by atoms with Crippen molar-refractivity contribution >= 4 is 16.5 Å². The lowest BCUT2D eigenvalue weighted by Gasteiger charge is -2.26. The number of rotatable bonds is 5. The molecule has 2 aliphatic rings. The summed E-state index contributed by atoms with van der Waals surface area (Å²) < 4.78 is 7.43. The maximum absolute atomic E-state index is 5.43. The second-order valence-electron chi connectivity index (χ2n) is 7.18. The van der Waals surface area contributed by atoms with E-state index in [1.54, 1.807) is 11.3 Å². The van der Waals surface area contributed by atoms with Crippen LogP contribution in [0, 0.1) is 0 Å². The molecule has 3 aromatic rings. The molecule has 146 valence electrons. The van der Waals surface area contributed by atoms with Gasteiger partial charge in [0.15, 0.2) is 10.9 Å². The second kappa shape index (κ2) is 7.98. The summed E-state index contributed by atoms with van der Waals surface area (Å²) in [5.41, 5.74) is 2.58. The number of hydrogen-bond acceptors (Lipinski definition) is 7. The SMILES string of the molecule is c1ccc(-n2ncc3c2CCCC3NCc2cnc(N3CCOCC3)s2)nc1. The first-order valence-electron chi connectivity index (χ1n) is 9.87. The second-order valence-corrected chi connectivity index (χ2v) is 8.27. The van der Waals surface area contributed by atoms with E-state index in [9.17, 15) is 0 Å². The molecule has 3 aromatic heterocycles. The predicted octanol–water partition coefficient (Wildman–Crippen LogP) is 2.73. The summed E-state index contributed by atoms with van der Waals surface area (Å²) in [6.45, 7) is 4.27. The number of morpholine rings is 1. The highest BCUT2D eigenvalue weighted by Gasteiger charge is 2.25. The zero-order valence-corrected chi connectivity index (χ0v) is 16.6. The number of nitrogens with zero attached hydrogens (tertiary/aromatic N) is 5. The Labute approximate surface area is 168 Å². The van der Waals surface area contributed by atoms with Gasteiger partial charge in [-0.1, -0.05) is 6.07 Å². The average molecular weight is 397 g/mol. The van der Waals surface area contributed by atoms with Gasteiger partial charge in [-0.05, 0) is 31.4 Å². The van der Waals surface area contributed by atoms with Crippen LogP contribution < -0.4 is 10.2 Å². The quantitative estimate of drug-likeness (QED) is 0.715. The molecule has 0 aromatic carbocycles. The molecule has 8 heteroatoms. The normalized spacial score (nSPS) is 19.6. The minimum absolute atomic E-state index is 0.329. The Balaban J connectivity index is 1.28. The molecule has 1 unspecified atom stereocenters. The van der Waals surface area contributed by atoms with Gasteiger partial charge in [0.2, 0.25) is 0 Å². The van der Waals surface area contributed by atoms with E-state index < -0.39 is 0 Å². The van der Waals surface area contributed by atoms with E-state index in [4.69, 9.17) is 4.74 Å². The van der Waals surface area contributed by atoms with Gasteiger partial charge in [-0.3, -0.25) is 0 Å². The summed E-state index contributed by atoms with van der Waals surface area (Å²) in [6.07, 6.45) is 9.17. The van der Waals surface area contributed by atoms with Crippen molar-refractivity contribution in [3.63, 3.8) is 0 Å². The van der Waals surface area contributed by atoms with Crippen LogP contribution in [0.3, 0.4) is 0 Å². The zero-order chi connectivity index (χ0) is 18.8. The molecule has 0 saturated carbocycles. The van der Waals surface area contributed by atoms with Gasteiger partial charge in [-0.15, -0.1) is 11.3 Å². The molecular formula is C20H24N6OS. The van der Waals surface area contributed by atoms with Crippen LogP contribution in [0.5, 0.6) is 0 Å². The molecular weight excluding hydrogens is 372 g/mol. The fourth-order valence-electron chi connectivity index (χ4n) is 3.95. The largest absolute Gasteiger partial charge is 0.378 e. The fraction of sp³-hybridized carbons (Fsp3) is 0.450. The molecule has 28 heavy (non-hydrogen) atoms. The third-order valence-electron chi connectivity index (χ3n) is 5.39. The van der Waals surface area contributed by atoms with E-state index in [2.05, 4.69) is 25.3 Å². The molecule has 1 atom stereocenters. The third kappa shape index (κ3) is 3.55. The minimum atomic E-state index is 0.329. The summed E-state index contributed by atoms with van der Waals surface area (Å²) in [7, 11) is 0. The molecule has 0 bridgehead atoms. The molecule has 0 radical (unpaired) electrons. The molecule has 1 fully saturated rings. The number of thiazole rings is 1. The van der Waals surface area contributed by atoms with Gasteiger partial charge in [-0.25, -0.2) is 14.6 Å². The van der Waals surface area contributed by atoms with E-state index in [0.717, 1.165) is 63.1 Å². The Morgan fingerprint density at radius 3 is 2.96 bits per heavy atom. The van der Waals surface area contributed by atoms with E-state index in [0.29, 0.717) is 6.04 Å². The first-order valence-corrected chi connectivity index (χ1v) is 10.7. The highest BCUT2D eigenvalue weighted by Crippen LogP contribution is 2.31. The number of nitrogens with one attached hydrogen (secondary N) is 1. The van der Waals surface area contributed by atoms with Gasteiger partial charge < -0.3 is 15.0 Å². The summed E-state index contributed by atoms with van der Waals surface area (Å²) in [6, 6.07) is 6.28. The average Bonchev–Trinajstić information content (AvgIpc) is 3.41. The lowest BCUT2D eigenvalue weighted by Crippen LogP contribution is -2.36. The number of pyridine rings is 1. The maximum Gasteiger partial charge on any atom is 0.185 e. The predicted molar refractivity (Wildman–Crippen MR) is 109 cm³/mol. The highest BCUT2D eigenvalue weighted by molar-refractivity contribution is 7.15. The standard InChI is InChI=1S/C20H24N6OS/c1-2-7-21-19(6-1)26-18-5-3-4-17(16(18)14-24-26)22-12-15-13-23-20(28-15)25-8-10-27-11-9-25/h1-2,6-7,13-14,17,22H,3-5,8-12H2. The summed E-state index contributed by atoms with van der Waals surface area (Å²) in [4.78, 5) is 12.7. The van der Waals surface area contributed by atoms with Crippen LogP contribution in [-0.2, 0) is 17.7 Å². The van der Waals surface area contributed by atoms with Gasteiger partial charge in [0.25, 0.3) is 0 Å². The van der Waals surface area contributed by atoms with Crippen molar-refractivity contribution < 1.29 is 4.74 Å². The molecule has 0 spiro atoms. The number of hydrogen-bond donors (Lipinski definition) is 1. The highest BCUT2D eigenvalue weighted by atomic mass is 32.1.